The Morgan fingerprint density at radius 2 is 0.759 bits per heavy atom. The topological polar surface area (TPSA) is 189 Å². The second kappa shape index (κ2) is 57.0. The highest BCUT2D eigenvalue weighted by Crippen LogP contribution is 2.24. The van der Waals surface area contributed by atoms with Crippen LogP contribution >= 0.6 is 0 Å². The minimum Gasteiger partial charge on any atom is -0.394 e. The van der Waals surface area contributed by atoms with Crippen molar-refractivity contribution in [1.82, 2.24) is 5.32 Å². The summed E-state index contributed by atoms with van der Waals surface area (Å²) in [5.41, 5.74) is 0. The molecule has 1 fully saturated rings. The summed E-state index contributed by atoms with van der Waals surface area (Å²) in [6.07, 6.45) is 60.1. The van der Waals surface area contributed by atoms with Crippen molar-refractivity contribution < 1.29 is 50.0 Å². The molecule has 1 rings (SSSR count). The van der Waals surface area contributed by atoms with E-state index in [1.165, 1.54) is 250 Å². The van der Waals surface area contributed by atoms with Crippen LogP contribution in [0.2, 0.25) is 0 Å². The minimum atomic E-state index is -1.67. The number of carbonyl (C=O) groups is 1. The van der Waals surface area contributed by atoms with Gasteiger partial charge in [-0.15, -0.1) is 0 Å². The first kappa shape index (κ1) is 75.6. The van der Waals surface area contributed by atoms with Crippen molar-refractivity contribution in [2.24, 2.45) is 0 Å². The van der Waals surface area contributed by atoms with Crippen LogP contribution in [0.5, 0.6) is 0 Å². The van der Waals surface area contributed by atoms with E-state index in [0.717, 1.165) is 38.5 Å². The minimum absolute atomic E-state index is 0.248. The first-order valence-electron chi connectivity index (χ1n) is 34.2. The Morgan fingerprint density at radius 3 is 1.13 bits per heavy atom. The quantitative estimate of drug-likeness (QED) is 0.0215. The second-order valence-corrected chi connectivity index (χ2v) is 24.2. The molecule has 1 saturated heterocycles. The Labute approximate surface area is 486 Å². The summed E-state index contributed by atoms with van der Waals surface area (Å²) in [6.45, 7) is 3.45. The van der Waals surface area contributed by atoms with Gasteiger partial charge in [0.25, 0.3) is 0 Å². The number of aliphatic hydroxyl groups is 7. The molecule has 79 heavy (non-hydrogen) atoms. The van der Waals surface area contributed by atoms with E-state index < -0.39 is 74.2 Å². The fourth-order valence-electron chi connectivity index (χ4n) is 11.2. The summed E-state index contributed by atoms with van der Waals surface area (Å²) in [5, 5.41) is 76.1. The van der Waals surface area contributed by atoms with E-state index in [9.17, 15) is 40.5 Å². The predicted molar refractivity (Wildman–Crippen MR) is 330 cm³/mol. The standard InChI is InChI=1S/C68H131NO10/c1-3-5-7-9-11-13-15-17-19-20-21-22-23-24-25-26-27-28-29-30-31-32-33-34-35-36-37-38-39-40-41-42-44-46-48-50-52-54-56-61(72)67(77)69-59(58-78-68-66(76)65(75)64(74)62(57-70)79-68)63(73)60(71)55-53-51-49-47-45-43-18-16-14-12-10-8-6-4-2/h16,18,47,49,59-66,68,70-76H,3-15,17,19-46,48,50-58H2,1-2H3,(H,69,77)/b18-16+,49-47+. The zero-order valence-corrected chi connectivity index (χ0v) is 51.6. The van der Waals surface area contributed by atoms with Gasteiger partial charge in [0.15, 0.2) is 6.29 Å². The maximum Gasteiger partial charge on any atom is 0.249 e. The van der Waals surface area contributed by atoms with Crippen molar-refractivity contribution in [3.63, 3.8) is 0 Å². The van der Waals surface area contributed by atoms with Crippen LogP contribution in [0.1, 0.15) is 335 Å². The third kappa shape index (κ3) is 44.7. The van der Waals surface area contributed by atoms with Crippen molar-refractivity contribution in [1.29, 1.82) is 0 Å². The molecule has 0 saturated carbocycles. The number of carbonyl (C=O) groups excluding carboxylic acids is 1. The lowest BCUT2D eigenvalue weighted by atomic mass is 9.98. The molecule has 0 bridgehead atoms. The molecule has 468 valence electrons. The zero-order valence-electron chi connectivity index (χ0n) is 51.6. The van der Waals surface area contributed by atoms with Gasteiger partial charge in [0, 0.05) is 0 Å². The van der Waals surface area contributed by atoms with Crippen LogP contribution < -0.4 is 5.32 Å². The highest BCUT2D eigenvalue weighted by Gasteiger charge is 2.44. The van der Waals surface area contributed by atoms with E-state index in [2.05, 4.69) is 43.5 Å². The molecule has 1 heterocycles. The molecular formula is C68H131NO10. The van der Waals surface area contributed by atoms with E-state index in [1.54, 1.807) is 0 Å². The van der Waals surface area contributed by atoms with E-state index in [4.69, 9.17) is 9.47 Å². The van der Waals surface area contributed by atoms with E-state index >= 15 is 0 Å². The summed E-state index contributed by atoms with van der Waals surface area (Å²) < 4.78 is 11.1. The average Bonchev–Trinajstić information content (AvgIpc) is 3.46. The lowest BCUT2D eigenvalue weighted by Crippen LogP contribution is -2.60. The largest absolute Gasteiger partial charge is 0.394 e. The third-order valence-electron chi connectivity index (χ3n) is 16.7. The van der Waals surface area contributed by atoms with Crippen LogP contribution in [0.15, 0.2) is 24.3 Å². The van der Waals surface area contributed by atoms with Crippen LogP contribution in [0.3, 0.4) is 0 Å². The lowest BCUT2D eigenvalue weighted by Gasteiger charge is -2.40. The van der Waals surface area contributed by atoms with E-state index in [0.29, 0.717) is 19.3 Å². The number of rotatable bonds is 60. The van der Waals surface area contributed by atoms with Gasteiger partial charge in [0.1, 0.15) is 36.6 Å². The second-order valence-electron chi connectivity index (χ2n) is 24.2. The molecule has 8 N–H and O–H groups in total. The molecule has 0 aromatic carbocycles. The Morgan fingerprint density at radius 1 is 0.430 bits per heavy atom. The van der Waals surface area contributed by atoms with Gasteiger partial charge in [-0.2, -0.15) is 0 Å². The Kier molecular flexibility index (Phi) is 54.6. The number of allylic oxidation sites excluding steroid dienone is 4. The molecule has 11 nitrogen and oxygen atoms in total. The number of ether oxygens (including phenoxy) is 2. The highest BCUT2D eigenvalue weighted by molar-refractivity contribution is 5.80. The first-order valence-corrected chi connectivity index (χ1v) is 34.2. The smallest absolute Gasteiger partial charge is 0.249 e. The van der Waals surface area contributed by atoms with Gasteiger partial charge in [-0.1, -0.05) is 308 Å². The van der Waals surface area contributed by atoms with Gasteiger partial charge < -0.3 is 50.5 Å². The molecule has 0 radical (unpaired) electrons. The maximum absolute atomic E-state index is 13.2. The Hall–Kier alpha value is -1.41. The Bertz CT molecular complexity index is 1330. The zero-order chi connectivity index (χ0) is 57.5. The first-order chi connectivity index (χ1) is 38.7. The molecule has 9 unspecified atom stereocenters. The molecule has 0 spiro atoms. The predicted octanol–water partition coefficient (Wildman–Crippen LogP) is 16.0. The molecule has 0 aliphatic carbocycles. The number of nitrogens with one attached hydrogen (secondary N) is 1. The summed E-state index contributed by atoms with van der Waals surface area (Å²) >= 11 is 0. The maximum atomic E-state index is 13.2. The van der Waals surface area contributed by atoms with Crippen molar-refractivity contribution in [3.8, 4) is 0 Å². The Balaban J connectivity index is 2.10. The fraction of sp³-hybridized carbons (Fsp3) is 0.926. The van der Waals surface area contributed by atoms with Crippen molar-refractivity contribution in [2.45, 2.75) is 390 Å². The summed E-state index contributed by atoms with van der Waals surface area (Å²) in [5.74, 6) is -0.705. The number of aliphatic hydroxyl groups excluding tert-OH is 7. The number of amides is 1. The number of hydrogen-bond acceptors (Lipinski definition) is 10. The van der Waals surface area contributed by atoms with Crippen molar-refractivity contribution in [2.75, 3.05) is 13.2 Å². The summed E-state index contributed by atoms with van der Waals surface area (Å²) in [6, 6.07) is -1.19. The van der Waals surface area contributed by atoms with Crippen molar-refractivity contribution >= 4 is 5.91 Å². The molecule has 1 aliphatic heterocycles. The van der Waals surface area contributed by atoms with E-state index in [-0.39, 0.29) is 12.8 Å². The van der Waals surface area contributed by atoms with E-state index in [1.807, 2.05) is 0 Å². The molecular weight excluding hydrogens is 991 g/mol. The molecule has 11 heteroatoms. The molecule has 0 aromatic heterocycles. The van der Waals surface area contributed by atoms with Gasteiger partial charge in [-0.3, -0.25) is 4.79 Å². The van der Waals surface area contributed by atoms with Crippen molar-refractivity contribution in [3.05, 3.63) is 24.3 Å². The van der Waals surface area contributed by atoms with Gasteiger partial charge >= 0.3 is 0 Å². The summed E-state index contributed by atoms with van der Waals surface area (Å²) in [7, 11) is 0. The number of unbranched alkanes of at least 4 members (excludes halogenated alkanes) is 44. The third-order valence-corrected chi connectivity index (χ3v) is 16.7. The van der Waals surface area contributed by atoms with Crippen LogP contribution in [0, 0.1) is 0 Å². The van der Waals surface area contributed by atoms with Crippen LogP contribution in [0.4, 0.5) is 0 Å². The normalized spacial score (nSPS) is 19.4. The van der Waals surface area contributed by atoms with Crippen LogP contribution in [0.25, 0.3) is 0 Å². The molecule has 9 atom stereocenters. The van der Waals surface area contributed by atoms with Gasteiger partial charge in [0.05, 0.1) is 25.4 Å². The molecule has 0 aromatic rings. The van der Waals surface area contributed by atoms with Gasteiger partial charge in [0.2, 0.25) is 5.91 Å². The highest BCUT2D eigenvalue weighted by atomic mass is 16.7. The molecule has 1 amide bonds. The summed E-state index contributed by atoms with van der Waals surface area (Å²) in [4.78, 5) is 13.2. The lowest BCUT2D eigenvalue weighted by molar-refractivity contribution is -0.303. The fourth-order valence-corrected chi connectivity index (χ4v) is 11.2. The SMILES string of the molecule is CCCCCCC/C=C/CC/C=C/CCCC(O)C(O)C(COC1OC(CO)C(O)C(O)C1O)NC(=O)C(O)CCCCCCCCCCCCCCCCCCCCCCCCCCCCCCCCCCCCCCCC. The van der Waals surface area contributed by atoms with Gasteiger partial charge in [-0.25, -0.2) is 0 Å². The molecule has 1 aliphatic rings. The average molecular weight is 1120 g/mol. The monoisotopic (exact) mass is 1120 g/mol. The van der Waals surface area contributed by atoms with Crippen LogP contribution in [-0.4, -0.2) is 110 Å². The van der Waals surface area contributed by atoms with Crippen LogP contribution in [-0.2, 0) is 14.3 Å². The van der Waals surface area contributed by atoms with Gasteiger partial charge in [-0.05, 0) is 51.4 Å². The number of hydrogen-bond donors (Lipinski definition) is 8.